The molecular formula is C18H20ClN. The molecule has 0 radical (unpaired) electrons. The quantitative estimate of drug-likeness (QED) is 0.692. The van der Waals surface area contributed by atoms with Crippen molar-refractivity contribution < 1.29 is 0 Å². The topological polar surface area (TPSA) is 3.24 Å². The van der Waals surface area contributed by atoms with Gasteiger partial charge in [-0.3, -0.25) is 0 Å². The molecule has 1 heterocycles. The maximum Gasteiger partial charge on any atom is 0.0494 e. The summed E-state index contributed by atoms with van der Waals surface area (Å²) in [4.78, 5) is 2.43. The minimum Gasteiger partial charge on any atom is -0.341 e. The zero-order valence-electron chi connectivity index (χ0n) is 12.1. The lowest BCUT2D eigenvalue weighted by atomic mass is 9.98. The number of hydrogen-bond donors (Lipinski definition) is 0. The van der Waals surface area contributed by atoms with Crippen molar-refractivity contribution in [3.8, 4) is 0 Å². The Morgan fingerprint density at radius 3 is 2.45 bits per heavy atom. The molecule has 0 saturated heterocycles. The van der Waals surface area contributed by atoms with Gasteiger partial charge in [-0.15, -0.1) is 11.6 Å². The summed E-state index contributed by atoms with van der Waals surface area (Å²) in [7, 11) is 0. The van der Waals surface area contributed by atoms with Crippen LogP contribution in [0, 0.1) is 13.8 Å². The van der Waals surface area contributed by atoms with Crippen LogP contribution in [0.1, 0.15) is 28.7 Å². The lowest BCUT2D eigenvalue weighted by Gasteiger charge is -2.33. The highest BCUT2D eigenvalue weighted by Crippen LogP contribution is 2.36. The third-order valence-corrected chi connectivity index (χ3v) is 4.31. The number of nitrogens with zero attached hydrogens (tertiary/aromatic N) is 1. The molecule has 0 bridgehead atoms. The molecule has 0 aromatic heterocycles. The van der Waals surface area contributed by atoms with E-state index in [1.807, 2.05) is 0 Å². The summed E-state index contributed by atoms with van der Waals surface area (Å²) in [5, 5.41) is 0. The van der Waals surface area contributed by atoms with Gasteiger partial charge in [0.2, 0.25) is 0 Å². The van der Waals surface area contributed by atoms with Crippen LogP contribution in [-0.4, -0.2) is 6.54 Å². The number of rotatable bonds is 2. The van der Waals surface area contributed by atoms with Crippen molar-refractivity contribution in [1.29, 1.82) is 0 Å². The molecule has 1 nitrogen and oxygen atoms in total. The molecule has 20 heavy (non-hydrogen) atoms. The molecule has 0 amide bonds. The van der Waals surface area contributed by atoms with E-state index in [0.29, 0.717) is 5.88 Å². The maximum atomic E-state index is 6.15. The molecule has 0 N–H and O–H groups in total. The van der Waals surface area contributed by atoms with Gasteiger partial charge in [0.25, 0.3) is 0 Å². The summed E-state index contributed by atoms with van der Waals surface area (Å²) >= 11 is 6.15. The van der Waals surface area contributed by atoms with Crippen LogP contribution in [0.5, 0.6) is 0 Å². The van der Waals surface area contributed by atoms with Crippen molar-refractivity contribution in [3.05, 3.63) is 58.7 Å². The van der Waals surface area contributed by atoms with Crippen LogP contribution < -0.4 is 4.90 Å². The van der Waals surface area contributed by atoms with Gasteiger partial charge >= 0.3 is 0 Å². The van der Waals surface area contributed by atoms with E-state index in [1.165, 1.54) is 46.5 Å². The molecule has 0 aliphatic carbocycles. The SMILES string of the molecule is Cc1ccc(N2CCCc3cc(C)ccc32)c(CCl)c1. The number of halogens is 1. The van der Waals surface area contributed by atoms with Gasteiger partial charge < -0.3 is 4.90 Å². The average Bonchev–Trinajstić information content (AvgIpc) is 2.46. The summed E-state index contributed by atoms with van der Waals surface area (Å²) in [6, 6.07) is 13.4. The Labute approximate surface area is 126 Å². The molecule has 104 valence electrons. The maximum absolute atomic E-state index is 6.15. The fourth-order valence-electron chi connectivity index (χ4n) is 3.06. The second-order valence-corrected chi connectivity index (χ2v) is 5.92. The van der Waals surface area contributed by atoms with Crippen LogP contribution >= 0.6 is 11.6 Å². The van der Waals surface area contributed by atoms with Gasteiger partial charge in [-0.05, 0) is 49.9 Å². The fraction of sp³-hybridized carbons (Fsp3) is 0.333. The Balaban J connectivity index is 2.09. The summed E-state index contributed by atoms with van der Waals surface area (Å²) in [6.45, 7) is 5.35. The van der Waals surface area contributed by atoms with Gasteiger partial charge in [-0.2, -0.15) is 0 Å². The van der Waals surface area contributed by atoms with Crippen LogP contribution in [0.25, 0.3) is 0 Å². The lowest BCUT2D eigenvalue weighted by molar-refractivity contribution is 0.764. The molecule has 3 rings (SSSR count). The molecule has 1 aliphatic rings. The zero-order valence-corrected chi connectivity index (χ0v) is 12.9. The Kier molecular flexibility index (Phi) is 3.71. The Bertz CT molecular complexity index is 633. The minimum absolute atomic E-state index is 0.564. The van der Waals surface area contributed by atoms with Gasteiger partial charge in [0.05, 0.1) is 0 Å². The smallest absolute Gasteiger partial charge is 0.0494 e. The molecule has 0 unspecified atom stereocenters. The van der Waals surface area contributed by atoms with E-state index in [-0.39, 0.29) is 0 Å². The van der Waals surface area contributed by atoms with Crippen LogP contribution in [0.3, 0.4) is 0 Å². The molecule has 0 saturated carbocycles. The van der Waals surface area contributed by atoms with E-state index in [0.717, 1.165) is 6.54 Å². The fourth-order valence-corrected chi connectivity index (χ4v) is 3.27. The van der Waals surface area contributed by atoms with Crippen LogP contribution in [0.2, 0.25) is 0 Å². The van der Waals surface area contributed by atoms with Gasteiger partial charge in [-0.25, -0.2) is 0 Å². The van der Waals surface area contributed by atoms with Crippen LogP contribution in [-0.2, 0) is 12.3 Å². The first kappa shape index (κ1) is 13.5. The van der Waals surface area contributed by atoms with Crippen molar-refractivity contribution in [2.24, 2.45) is 0 Å². The molecule has 2 aromatic carbocycles. The van der Waals surface area contributed by atoms with Gasteiger partial charge in [0.1, 0.15) is 0 Å². The number of benzene rings is 2. The van der Waals surface area contributed by atoms with E-state index < -0.39 is 0 Å². The van der Waals surface area contributed by atoms with Gasteiger partial charge in [0, 0.05) is 23.8 Å². The second kappa shape index (κ2) is 5.49. The Morgan fingerprint density at radius 2 is 1.70 bits per heavy atom. The third-order valence-electron chi connectivity index (χ3n) is 4.02. The number of aryl methyl sites for hydroxylation is 3. The summed E-state index contributed by atoms with van der Waals surface area (Å²) in [5.41, 5.74) is 7.89. The summed E-state index contributed by atoms with van der Waals surface area (Å²) in [6.07, 6.45) is 2.38. The number of fused-ring (bicyclic) bond motifs is 1. The van der Waals surface area contributed by atoms with Crippen LogP contribution in [0.4, 0.5) is 11.4 Å². The first-order valence-electron chi connectivity index (χ1n) is 7.21. The van der Waals surface area contributed by atoms with E-state index >= 15 is 0 Å². The van der Waals surface area contributed by atoms with Crippen molar-refractivity contribution >= 4 is 23.0 Å². The molecule has 0 fully saturated rings. The first-order chi connectivity index (χ1) is 9.69. The molecule has 2 heteroatoms. The van der Waals surface area contributed by atoms with E-state index in [2.05, 4.69) is 55.1 Å². The van der Waals surface area contributed by atoms with E-state index in [9.17, 15) is 0 Å². The minimum atomic E-state index is 0.564. The predicted molar refractivity (Wildman–Crippen MR) is 87.2 cm³/mol. The normalized spacial score (nSPS) is 14.2. The highest BCUT2D eigenvalue weighted by atomic mass is 35.5. The van der Waals surface area contributed by atoms with Crippen molar-refractivity contribution in [1.82, 2.24) is 0 Å². The Hall–Kier alpha value is -1.47. The van der Waals surface area contributed by atoms with E-state index in [1.54, 1.807) is 0 Å². The van der Waals surface area contributed by atoms with Crippen molar-refractivity contribution in [3.63, 3.8) is 0 Å². The standard InChI is InChI=1S/C18H20ClN/c1-13-5-7-17-15(10-13)4-3-9-20(17)18-8-6-14(2)11-16(18)12-19/h5-8,10-11H,3-4,9,12H2,1-2H3. The summed E-state index contributed by atoms with van der Waals surface area (Å²) < 4.78 is 0. The van der Waals surface area contributed by atoms with Crippen LogP contribution in [0.15, 0.2) is 36.4 Å². The van der Waals surface area contributed by atoms with Crippen molar-refractivity contribution in [2.75, 3.05) is 11.4 Å². The third kappa shape index (κ3) is 2.43. The first-order valence-corrected chi connectivity index (χ1v) is 7.75. The molecule has 2 aromatic rings. The zero-order chi connectivity index (χ0) is 14.1. The highest BCUT2D eigenvalue weighted by molar-refractivity contribution is 6.17. The number of alkyl halides is 1. The Morgan fingerprint density at radius 1 is 1.00 bits per heavy atom. The largest absolute Gasteiger partial charge is 0.341 e. The molecule has 0 spiro atoms. The second-order valence-electron chi connectivity index (χ2n) is 5.65. The molecular weight excluding hydrogens is 266 g/mol. The average molecular weight is 286 g/mol. The monoisotopic (exact) mass is 285 g/mol. The highest BCUT2D eigenvalue weighted by Gasteiger charge is 2.20. The van der Waals surface area contributed by atoms with Gasteiger partial charge in [0.15, 0.2) is 0 Å². The van der Waals surface area contributed by atoms with Crippen molar-refractivity contribution in [2.45, 2.75) is 32.6 Å². The molecule has 1 aliphatic heterocycles. The van der Waals surface area contributed by atoms with Gasteiger partial charge in [-0.1, -0.05) is 35.4 Å². The predicted octanol–water partition coefficient (Wildman–Crippen LogP) is 5.13. The lowest BCUT2D eigenvalue weighted by Crippen LogP contribution is -2.25. The summed E-state index contributed by atoms with van der Waals surface area (Å²) in [5.74, 6) is 0.564. The molecule has 0 atom stereocenters. The van der Waals surface area contributed by atoms with E-state index in [4.69, 9.17) is 11.6 Å². The number of hydrogen-bond acceptors (Lipinski definition) is 1. The number of anilines is 2.